The molecule has 0 saturated heterocycles. The lowest BCUT2D eigenvalue weighted by Gasteiger charge is -2.26. The summed E-state index contributed by atoms with van der Waals surface area (Å²) in [5.41, 5.74) is 1.52. The monoisotopic (exact) mass is 279 g/mol. The van der Waals surface area contributed by atoms with E-state index in [-0.39, 0.29) is 5.41 Å². The molecule has 0 bridgehead atoms. The van der Waals surface area contributed by atoms with E-state index in [1.54, 1.807) is 0 Å². The molecule has 1 atom stereocenters. The van der Waals surface area contributed by atoms with Crippen molar-refractivity contribution in [2.24, 2.45) is 5.41 Å². The van der Waals surface area contributed by atoms with E-state index in [2.05, 4.69) is 38.2 Å². The van der Waals surface area contributed by atoms with Gasteiger partial charge in [0.25, 0.3) is 0 Å². The molecule has 0 amide bonds. The first-order valence-corrected chi connectivity index (χ1v) is 7.48. The number of rotatable bonds is 7. The molecule has 20 heavy (non-hydrogen) atoms. The van der Waals surface area contributed by atoms with Gasteiger partial charge in [0.05, 0.1) is 13.2 Å². The number of ether oxygens (including phenoxy) is 2. The predicted octanol–water partition coefficient (Wildman–Crippen LogP) is 4.18. The Balaban J connectivity index is 3.01. The second kappa shape index (κ2) is 7.53. The quantitative estimate of drug-likeness (QED) is 0.812. The van der Waals surface area contributed by atoms with Crippen molar-refractivity contribution in [3.8, 4) is 11.5 Å². The van der Waals surface area contributed by atoms with Gasteiger partial charge in [-0.3, -0.25) is 0 Å². The SMILES string of the molecule is CCOc1ccc(C(CC(C)(C)C)NC)cc1OCC. The molecule has 0 fully saturated rings. The molecule has 114 valence electrons. The average Bonchev–Trinajstić information content (AvgIpc) is 2.37. The molecule has 1 aromatic rings. The number of hydrogen-bond acceptors (Lipinski definition) is 3. The normalized spacial score (nSPS) is 13.1. The van der Waals surface area contributed by atoms with Crippen LogP contribution < -0.4 is 14.8 Å². The highest BCUT2D eigenvalue weighted by atomic mass is 16.5. The summed E-state index contributed by atoms with van der Waals surface area (Å²) >= 11 is 0. The van der Waals surface area contributed by atoms with Crippen LogP contribution in [0.4, 0.5) is 0 Å². The molecule has 3 heteroatoms. The fourth-order valence-electron chi connectivity index (χ4n) is 2.28. The molecule has 0 radical (unpaired) electrons. The van der Waals surface area contributed by atoms with Gasteiger partial charge in [-0.1, -0.05) is 26.8 Å². The minimum absolute atomic E-state index is 0.276. The van der Waals surface area contributed by atoms with Crippen LogP contribution in [0.5, 0.6) is 11.5 Å². The van der Waals surface area contributed by atoms with E-state index < -0.39 is 0 Å². The maximum atomic E-state index is 5.70. The van der Waals surface area contributed by atoms with E-state index in [0.717, 1.165) is 17.9 Å². The molecule has 1 unspecified atom stereocenters. The summed E-state index contributed by atoms with van der Waals surface area (Å²) in [6, 6.07) is 6.56. The van der Waals surface area contributed by atoms with Crippen LogP contribution in [0.25, 0.3) is 0 Å². The molecule has 0 aliphatic rings. The summed E-state index contributed by atoms with van der Waals surface area (Å²) in [4.78, 5) is 0. The van der Waals surface area contributed by atoms with Crippen LogP contribution in [0.3, 0.4) is 0 Å². The summed E-state index contributed by atoms with van der Waals surface area (Å²) in [6.45, 7) is 12.1. The highest BCUT2D eigenvalue weighted by Crippen LogP contribution is 2.34. The highest BCUT2D eigenvalue weighted by molar-refractivity contribution is 5.44. The van der Waals surface area contributed by atoms with Crippen LogP contribution in [-0.2, 0) is 0 Å². The Hall–Kier alpha value is -1.22. The first-order chi connectivity index (χ1) is 9.41. The predicted molar refractivity (Wildman–Crippen MR) is 84.7 cm³/mol. The lowest BCUT2D eigenvalue weighted by Crippen LogP contribution is -2.22. The van der Waals surface area contributed by atoms with Gasteiger partial charge < -0.3 is 14.8 Å². The molecular weight excluding hydrogens is 250 g/mol. The summed E-state index contributed by atoms with van der Waals surface area (Å²) in [5.74, 6) is 1.66. The van der Waals surface area contributed by atoms with Crippen LogP contribution in [0, 0.1) is 5.41 Å². The minimum atomic E-state index is 0.276. The average molecular weight is 279 g/mol. The third kappa shape index (κ3) is 5.04. The minimum Gasteiger partial charge on any atom is -0.490 e. The zero-order valence-corrected chi connectivity index (χ0v) is 13.7. The molecule has 0 aromatic heterocycles. The van der Waals surface area contributed by atoms with Gasteiger partial charge in [-0.25, -0.2) is 0 Å². The topological polar surface area (TPSA) is 30.5 Å². The van der Waals surface area contributed by atoms with Crippen molar-refractivity contribution in [2.75, 3.05) is 20.3 Å². The van der Waals surface area contributed by atoms with E-state index in [1.807, 2.05) is 27.0 Å². The lowest BCUT2D eigenvalue weighted by atomic mass is 9.85. The van der Waals surface area contributed by atoms with Gasteiger partial charge in [-0.2, -0.15) is 0 Å². The Bertz CT molecular complexity index is 410. The molecule has 3 nitrogen and oxygen atoms in total. The molecule has 0 heterocycles. The van der Waals surface area contributed by atoms with Crippen molar-refractivity contribution in [3.63, 3.8) is 0 Å². The maximum Gasteiger partial charge on any atom is 0.161 e. The Morgan fingerprint density at radius 1 is 1.05 bits per heavy atom. The van der Waals surface area contributed by atoms with Crippen LogP contribution >= 0.6 is 0 Å². The third-order valence-electron chi connectivity index (χ3n) is 3.13. The van der Waals surface area contributed by atoms with Crippen molar-refractivity contribution in [1.29, 1.82) is 0 Å². The summed E-state index contributed by atoms with van der Waals surface area (Å²) in [7, 11) is 2.01. The van der Waals surface area contributed by atoms with E-state index >= 15 is 0 Å². The molecular formula is C17H29NO2. The number of nitrogens with one attached hydrogen (secondary N) is 1. The van der Waals surface area contributed by atoms with Gasteiger partial charge in [-0.15, -0.1) is 0 Å². The van der Waals surface area contributed by atoms with E-state index in [4.69, 9.17) is 9.47 Å². The summed E-state index contributed by atoms with van der Waals surface area (Å²) in [5, 5.41) is 3.40. The molecule has 0 spiro atoms. The Labute approximate surface area is 123 Å². The lowest BCUT2D eigenvalue weighted by molar-refractivity contribution is 0.285. The third-order valence-corrected chi connectivity index (χ3v) is 3.13. The summed E-state index contributed by atoms with van der Waals surface area (Å²) < 4.78 is 11.3. The fourth-order valence-corrected chi connectivity index (χ4v) is 2.28. The second-order valence-electron chi connectivity index (χ2n) is 6.18. The number of benzene rings is 1. The van der Waals surface area contributed by atoms with Gasteiger partial charge in [0.1, 0.15) is 0 Å². The Kier molecular flexibility index (Phi) is 6.34. The summed E-state index contributed by atoms with van der Waals surface area (Å²) in [6.07, 6.45) is 1.07. The van der Waals surface area contributed by atoms with Crippen molar-refractivity contribution in [1.82, 2.24) is 5.32 Å². The van der Waals surface area contributed by atoms with Crippen molar-refractivity contribution >= 4 is 0 Å². The largest absolute Gasteiger partial charge is 0.490 e. The Morgan fingerprint density at radius 3 is 2.15 bits per heavy atom. The molecule has 1 aromatic carbocycles. The van der Waals surface area contributed by atoms with Gasteiger partial charge in [-0.05, 0) is 50.4 Å². The van der Waals surface area contributed by atoms with Crippen LogP contribution in [-0.4, -0.2) is 20.3 Å². The second-order valence-corrected chi connectivity index (χ2v) is 6.18. The van der Waals surface area contributed by atoms with Crippen LogP contribution in [0.2, 0.25) is 0 Å². The van der Waals surface area contributed by atoms with Crippen LogP contribution in [0.1, 0.15) is 52.6 Å². The first-order valence-electron chi connectivity index (χ1n) is 7.48. The molecule has 0 saturated carbocycles. The van der Waals surface area contributed by atoms with E-state index in [1.165, 1.54) is 5.56 Å². The van der Waals surface area contributed by atoms with E-state index in [9.17, 15) is 0 Å². The maximum absolute atomic E-state index is 5.70. The standard InChI is InChI=1S/C17H29NO2/c1-7-19-15-10-9-13(11-16(15)20-8-2)14(18-6)12-17(3,4)5/h9-11,14,18H,7-8,12H2,1-6H3. The van der Waals surface area contributed by atoms with Crippen molar-refractivity contribution in [3.05, 3.63) is 23.8 Å². The zero-order chi connectivity index (χ0) is 15.2. The molecule has 1 rings (SSSR count). The molecule has 0 aliphatic heterocycles. The van der Waals surface area contributed by atoms with Gasteiger partial charge in [0, 0.05) is 6.04 Å². The van der Waals surface area contributed by atoms with Crippen molar-refractivity contribution in [2.45, 2.75) is 47.1 Å². The van der Waals surface area contributed by atoms with Gasteiger partial charge in [0.15, 0.2) is 11.5 Å². The first kappa shape index (κ1) is 16.8. The van der Waals surface area contributed by atoms with Crippen molar-refractivity contribution < 1.29 is 9.47 Å². The fraction of sp³-hybridized carbons (Fsp3) is 0.647. The van der Waals surface area contributed by atoms with Crippen LogP contribution in [0.15, 0.2) is 18.2 Å². The van der Waals surface area contributed by atoms with Gasteiger partial charge >= 0.3 is 0 Å². The van der Waals surface area contributed by atoms with Gasteiger partial charge in [0.2, 0.25) is 0 Å². The smallest absolute Gasteiger partial charge is 0.161 e. The molecule has 0 aliphatic carbocycles. The zero-order valence-electron chi connectivity index (χ0n) is 13.7. The highest BCUT2D eigenvalue weighted by Gasteiger charge is 2.20. The number of hydrogen-bond donors (Lipinski definition) is 1. The van der Waals surface area contributed by atoms with E-state index in [0.29, 0.717) is 19.3 Å². The molecule has 1 N–H and O–H groups in total. The Morgan fingerprint density at radius 2 is 1.65 bits per heavy atom.